The molecule has 0 spiro atoms. The zero-order valence-corrected chi connectivity index (χ0v) is 15.3. The number of hydrogen-bond donors (Lipinski definition) is 1. The van der Waals surface area contributed by atoms with E-state index in [0.29, 0.717) is 6.54 Å². The Balaban J connectivity index is 1.57. The SMILES string of the molecule is O=C(OCc1ccccc1)N(Cc1ccccc1)C12CCC(CC1CO)O2. The summed E-state index contributed by atoms with van der Waals surface area (Å²) in [5.74, 6) is -0.0794. The van der Waals surface area contributed by atoms with E-state index in [0.717, 1.165) is 30.4 Å². The average molecular weight is 367 g/mol. The molecule has 0 aliphatic carbocycles. The molecule has 2 heterocycles. The first kappa shape index (κ1) is 18.0. The number of rotatable bonds is 6. The molecule has 27 heavy (non-hydrogen) atoms. The van der Waals surface area contributed by atoms with Crippen LogP contribution >= 0.6 is 0 Å². The van der Waals surface area contributed by atoms with E-state index in [2.05, 4.69) is 0 Å². The number of carbonyl (C=O) groups is 1. The minimum atomic E-state index is -0.775. The number of amides is 1. The number of nitrogens with zero attached hydrogens (tertiary/aromatic N) is 1. The molecule has 2 fully saturated rings. The molecule has 142 valence electrons. The van der Waals surface area contributed by atoms with Gasteiger partial charge in [0.05, 0.1) is 19.3 Å². The van der Waals surface area contributed by atoms with Gasteiger partial charge in [-0.1, -0.05) is 60.7 Å². The fourth-order valence-corrected chi connectivity index (χ4v) is 4.29. The van der Waals surface area contributed by atoms with Crippen molar-refractivity contribution >= 4 is 6.09 Å². The number of carbonyl (C=O) groups excluding carboxylic acids is 1. The summed E-state index contributed by atoms with van der Waals surface area (Å²) >= 11 is 0. The molecule has 2 bridgehead atoms. The van der Waals surface area contributed by atoms with Crippen molar-refractivity contribution in [2.24, 2.45) is 5.92 Å². The standard InChI is InChI=1S/C22H25NO4/c24-15-19-13-20-11-12-22(19,27-20)23(14-17-7-3-1-4-8-17)21(25)26-16-18-9-5-2-6-10-18/h1-10,19-20,24H,11-16H2. The normalized spacial score (nSPS) is 26.1. The molecular weight excluding hydrogens is 342 g/mol. The van der Waals surface area contributed by atoms with Crippen LogP contribution in [0, 0.1) is 5.92 Å². The summed E-state index contributed by atoms with van der Waals surface area (Å²) in [7, 11) is 0. The number of ether oxygens (including phenoxy) is 2. The van der Waals surface area contributed by atoms with Crippen LogP contribution in [0.2, 0.25) is 0 Å². The molecule has 0 saturated carbocycles. The molecule has 0 aromatic heterocycles. The van der Waals surface area contributed by atoms with Gasteiger partial charge in [-0.05, 0) is 30.4 Å². The van der Waals surface area contributed by atoms with Crippen LogP contribution in [0.4, 0.5) is 4.79 Å². The molecule has 2 aromatic carbocycles. The second kappa shape index (κ2) is 7.71. The van der Waals surface area contributed by atoms with Crippen molar-refractivity contribution in [3.63, 3.8) is 0 Å². The predicted molar refractivity (Wildman–Crippen MR) is 101 cm³/mol. The number of aliphatic hydroxyl groups is 1. The monoisotopic (exact) mass is 367 g/mol. The Labute approximate surface area is 159 Å². The second-order valence-corrected chi connectivity index (χ2v) is 7.35. The van der Waals surface area contributed by atoms with Crippen molar-refractivity contribution in [2.75, 3.05) is 6.61 Å². The number of fused-ring (bicyclic) bond motifs is 2. The van der Waals surface area contributed by atoms with Crippen molar-refractivity contribution in [1.29, 1.82) is 0 Å². The molecule has 4 rings (SSSR count). The third kappa shape index (κ3) is 3.57. The van der Waals surface area contributed by atoms with Crippen LogP contribution in [-0.2, 0) is 22.6 Å². The van der Waals surface area contributed by atoms with E-state index in [1.165, 1.54) is 0 Å². The highest BCUT2D eigenvalue weighted by atomic mass is 16.6. The van der Waals surface area contributed by atoms with Gasteiger partial charge in [-0.15, -0.1) is 0 Å². The third-order valence-corrected chi connectivity index (χ3v) is 5.67. The van der Waals surface area contributed by atoms with E-state index in [1.807, 2.05) is 60.7 Å². The summed E-state index contributed by atoms with van der Waals surface area (Å²) in [4.78, 5) is 14.8. The lowest BCUT2D eigenvalue weighted by atomic mass is 9.83. The summed E-state index contributed by atoms with van der Waals surface area (Å²) in [5, 5.41) is 9.90. The van der Waals surface area contributed by atoms with Gasteiger partial charge in [-0.2, -0.15) is 0 Å². The number of benzene rings is 2. The van der Waals surface area contributed by atoms with E-state index in [1.54, 1.807) is 4.90 Å². The molecule has 2 aromatic rings. The van der Waals surface area contributed by atoms with Crippen molar-refractivity contribution in [2.45, 2.75) is 44.2 Å². The molecule has 2 aliphatic heterocycles. The largest absolute Gasteiger partial charge is 0.444 e. The van der Waals surface area contributed by atoms with Crippen molar-refractivity contribution in [3.8, 4) is 0 Å². The Kier molecular flexibility index (Phi) is 5.14. The van der Waals surface area contributed by atoms with E-state index >= 15 is 0 Å². The molecule has 1 N–H and O–H groups in total. The van der Waals surface area contributed by atoms with E-state index in [-0.39, 0.29) is 25.2 Å². The zero-order chi connectivity index (χ0) is 18.7. The van der Waals surface area contributed by atoms with Gasteiger partial charge in [-0.3, -0.25) is 4.90 Å². The van der Waals surface area contributed by atoms with Gasteiger partial charge in [0.15, 0.2) is 5.72 Å². The summed E-state index contributed by atoms with van der Waals surface area (Å²) in [5.41, 5.74) is 1.18. The van der Waals surface area contributed by atoms with Gasteiger partial charge in [0, 0.05) is 5.92 Å². The number of hydrogen-bond acceptors (Lipinski definition) is 4. The van der Waals surface area contributed by atoms with E-state index in [9.17, 15) is 9.90 Å². The molecule has 1 amide bonds. The maximum absolute atomic E-state index is 13.1. The first-order chi connectivity index (χ1) is 13.2. The van der Waals surface area contributed by atoms with Crippen LogP contribution in [0.25, 0.3) is 0 Å². The van der Waals surface area contributed by atoms with Crippen molar-refractivity contribution in [1.82, 2.24) is 4.90 Å². The van der Waals surface area contributed by atoms with Crippen molar-refractivity contribution < 1.29 is 19.4 Å². The summed E-state index contributed by atoms with van der Waals surface area (Å²) in [6.07, 6.45) is 2.14. The Morgan fingerprint density at radius 2 is 1.78 bits per heavy atom. The maximum Gasteiger partial charge on any atom is 0.412 e. The van der Waals surface area contributed by atoms with Gasteiger partial charge in [0.2, 0.25) is 0 Å². The first-order valence-corrected chi connectivity index (χ1v) is 9.52. The summed E-state index contributed by atoms with van der Waals surface area (Å²) < 4.78 is 11.9. The van der Waals surface area contributed by atoms with Gasteiger partial charge >= 0.3 is 6.09 Å². The smallest absolute Gasteiger partial charge is 0.412 e. The van der Waals surface area contributed by atoms with Gasteiger partial charge in [-0.25, -0.2) is 4.79 Å². The van der Waals surface area contributed by atoms with E-state index in [4.69, 9.17) is 9.47 Å². The predicted octanol–water partition coefficient (Wildman–Crippen LogP) is 3.71. The maximum atomic E-state index is 13.1. The molecule has 2 aliphatic rings. The highest BCUT2D eigenvalue weighted by molar-refractivity contribution is 5.69. The second-order valence-electron chi connectivity index (χ2n) is 7.35. The molecule has 3 atom stereocenters. The van der Waals surface area contributed by atoms with Crippen LogP contribution in [-0.4, -0.2) is 34.5 Å². The fourth-order valence-electron chi connectivity index (χ4n) is 4.29. The lowest BCUT2D eigenvalue weighted by Crippen LogP contribution is -2.55. The highest BCUT2D eigenvalue weighted by Gasteiger charge is 2.58. The third-order valence-electron chi connectivity index (χ3n) is 5.67. The van der Waals surface area contributed by atoms with E-state index < -0.39 is 11.8 Å². The quantitative estimate of drug-likeness (QED) is 0.845. The molecule has 5 nitrogen and oxygen atoms in total. The number of aliphatic hydroxyl groups excluding tert-OH is 1. The molecule has 3 unspecified atom stereocenters. The molecule has 0 radical (unpaired) electrons. The fraction of sp³-hybridized carbons (Fsp3) is 0.409. The molecule has 2 saturated heterocycles. The van der Waals surface area contributed by atoms with Gasteiger partial charge in [0.25, 0.3) is 0 Å². The Bertz CT molecular complexity index is 766. The Hall–Kier alpha value is -2.37. The zero-order valence-electron chi connectivity index (χ0n) is 15.3. The molecule has 5 heteroatoms. The topological polar surface area (TPSA) is 59.0 Å². The first-order valence-electron chi connectivity index (χ1n) is 9.52. The minimum absolute atomic E-state index is 0.00769. The van der Waals surface area contributed by atoms with Gasteiger partial charge < -0.3 is 14.6 Å². The summed E-state index contributed by atoms with van der Waals surface area (Å²) in [6, 6.07) is 19.5. The Morgan fingerprint density at radius 1 is 1.11 bits per heavy atom. The lowest BCUT2D eigenvalue weighted by molar-refractivity contribution is -0.132. The van der Waals surface area contributed by atoms with Crippen LogP contribution in [0.1, 0.15) is 30.4 Å². The van der Waals surface area contributed by atoms with Crippen LogP contribution < -0.4 is 0 Å². The minimum Gasteiger partial charge on any atom is -0.444 e. The van der Waals surface area contributed by atoms with Gasteiger partial charge in [0.1, 0.15) is 6.61 Å². The highest BCUT2D eigenvalue weighted by Crippen LogP contribution is 2.50. The summed E-state index contributed by atoms with van der Waals surface area (Å²) in [6.45, 7) is 0.625. The molecular formula is C22H25NO4. The lowest BCUT2D eigenvalue weighted by Gasteiger charge is -2.41. The van der Waals surface area contributed by atoms with Crippen LogP contribution in [0.5, 0.6) is 0 Å². The van der Waals surface area contributed by atoms with Crippen LogP contribution in [0.15, 0.2) is 60.7 Å². The average Bonchev–Trinajstić information content (AvgIpc) is 3.31. The van der Waals surface area contributed by atoms with Crippen LogP contribution in [0.3, 0.4) is 0 Å². The van der Waals surface area contributed by atoms with Crippen molar-refractivity contribution in [3.05, 3.63) is 71.8 Å². The Morgan fingerprint density at radius 3 is 2.41 bits per heavy atom.